The number of nitrogens with zero attached hydrogens (tertiary/aromatic N) is 6. The van der Waals surface area contributed by atoms with Crippen LogP contribution in [0.15, 0.2) is 48.8 Å². The smallest absolute Gasteiger partial charge is 0.225 e. The third kappa shape index (κ3) is 8.16. The zero-order valence-electron chi connectivity index (χ0n) is 27.1. The molecular formula is C34H46N8O3. The Bertz CT molecular complexity index is 1560. The minimum atomic E-state index is -0.558. The minimum absolute atomic E-state index is 0.0332. The molecule has 3 N–H and O–H groups in total. The summed E-state index contributed by atoms with van der Waals surface area (Å²) >= 11 is 0. The number of hydrogen-bond acceptors (Lipinski definition) is 11. The fraction of sp³-hybridized carbons (Fsp3) is 0.471. The van der Waals surface area contributed by atoms with Crippen LogP contribution >= 0.6 is 0 Å². The van der Waals surface area contributed by atoms with Gasteiger partial charge in [-0.2, -0.15) is 4.98 Å². The van der Waals surface area contributed by atoms with Crippen molar-refractivity contribution in [1.29, 1.82) is 0 Å². The molecule has 1 unspecified atom stereocenters. The van der Waals surface area contributed by atoms with Crippen LogP contribution in [0.25, 0.3) is 22.2 Å². The first-order valence-electron chi connectivity index (χ1n) is 15.7. The summed E-state index contributed by atoms with van der Waals surface area (Å²) in [5, 5.41) is 17.2. The first-order valence-corrected chi connectivity index (χ1v) is 15.7. The van der Waals surface area contributed by atoms with Gasteiger partial charge in [0, 0.05) is 74.4 Å². The Balaban J connectivity index is 1.43. The lowest BCUT2D eigenvalue weighted by Crippen LogP contribution is -2.43. The molecule has 1 aliphatic heterocycles. The van der Waals surface area contributed by atoms with E-state index in [-0.39, 0.29) is 6.61 Å². The highest BCUT2D eigenvalue weighted by Crippen LogP contribution is 2.30. The van der Waals surface area contributed by atoms with Crippen LogP contribution in [0.2, 0.25) is 0 Å². The van der Waals surface area contributed by atoms with E-state index >= 15 is 0 Å². The molecule has 45 heavy (non-hydrogen) atoms. The number of pyridine rings is 2. The molecule has 4 aromatic rings. The van der Waals surface area contributed by atoms with Gasteiger partial charge in [0.15, 0.2) is 5.82 Å². The number of methoxy groups -OCH3 is 2. The molecule has 0 spiro atoms. The van der Waals surface area contributed by atoms with Crippen LogP contribution in [0, 0.1) is 0 Å². The topological polar surface area (TPSA) is 121 Å². The first-order chi connectivity index (χ1) is 21.8. The number of aliphatic hydroxyl groups is 1. The van der Waals surface area contributed by atoms with E-state index in [0.29, 0.717) is 35.1 Å². The number of rotatable bonds is 14. The highest BCUT2D eigenvalue weighted by atomic mass is 16.5. The maximum absolute atomic E-state index is 10.3. The van der Waals surface area contributed by atoms with Gasteiger partial charge in [0.05, 0.1) is 37.6 Å². The Hall–Kier alpha value is -4.06. The molecule has 1 aliphatic rings. The van der Waals surface area contributed by atoms with Crippen LogP contribution in [-0.4, -0.2) is 94.4 Å². The molecule has 1 aromatic carbocycles. The highest BCUT2D eigenvalue weighted by Gasteiger charge is 2.25. The molecule has 0 amide bonds. The van der Waals surface area contributed by atoms with E-state index in [1.54, 1.807) is 14.2 Å². The number of aromatic nitrogens is 4. The van der Waals surface area contributed by atoms with Crippen molar-refractivity contribution in [3.05, 3.63) is 60.0 Å². The fourth-order valence-electron chi connectivity index (χ4n) is 5.47. The van der Waals surface area contributed by atoms with Crippen LogP contribution < -0.4 is 20.1 Å². The number of anilines is 2. The summed E-state index contributed by atoms with van der Waals surface area (Å²) < 4.78 is 10.9. The van der Waals surface area contributed by atoms with E-state index < -0.39 is 5.54 Å². The van der Waals surface area contributed by atoms with Gasteiger partial charge in [-0.15, -0.1) is 0 Å². The van der Waals surface area contributed by atoms with Crippen LogP contribution in [0.5, 0.6) is 11.5 Å². The molecule has 1 atom stereocenters. The average Bonchev–Trinajstić information content (AvgIpc) is 3.07. The van der Waals surface area contributed by atoms with Gasteiger partial charge in [0.2, 0.25) is 5.95 Å². The molecule has 240 valence electrons. The number of ether oxygens (including phenoxy) is 2. The van der Waals surface area contributed by atoms with E-state index in [1.165, 1.54) is 0 Å². The molecule has 11 heteroatoms. The predicted octanol–water partition coefficient (Wildman–Crippen LogP) is 4.82. The molecule has 0 bridgehead atoms. The van der Waals surface area contributed by atoms with Gasteiger partial charge in [0.25, 0.3) is 0 Å². The molecule has 0 radical (unpaired) electrons. The maximum atomic E-state index is 10.3. The molecule has 3 aromatic heterocycles. The van der Waals surface area contributed by atoms with Crippen LogP contribution in [0.3, 0.4) is 0 Å². The number of fused-ring (bicyclic) bond motifs is 1. The van der Waals surface area contributed by atoms with Gasteiger partial charge in [-0.25, -0.2) is 4.98 Å². The van der Waals surface area contributed by atoms with Crippen molar-refractivity contribution < 1.29 is 14.6 Å². The largest absolute Gasteiger partial charge is 0.497 e. The van der Waals surface area contributed by atoms with Crippen molar-refractivity contribution in [2.24, 2.45) is 0 Å². The number of benzene rings is 1. The second-order valence-electron chi connectivity index (χ2n) is 12.1. The Morgan fingerprint density at radius 3 is 2.44 bits per heavy atom. The highest BCUT2D eigenvalue weighted by molar-refractivity contribution is 5.89. The Morgan fingerprint density at radius 2 is 1.76 bits per heavy atom. The summed E-state index contributed by atoms with van der Waals surface area (Å²) in [6, 6.07) is 11.9. The third-order valence-electron chi connectivity index (χ3n) is 8.46. The summed E-state index contributed by atoms with van der Waals surface area (Å²) in [6.07, 6.45) is 6.55. The lowest BCUT2D eigenvalue weighted by molar-refractivity contribution is 0.147. The van der Waals surface area contributed by atoms with Crippen molar-refractivity contribution in [1.82, 2.24) is 29.7 Å². The van der Waals surface area contributed by atoms with Gasteiger partial charge < -0.3 is 30.1 Å². The van der Waals surface area contributed by atoms with E-state index in [9.17, 15) is 5.11 Å². The van der Waals surface area contributed by atoms with E-state index in [4.69, 9.17) is 29.4 Å². The predicted molar refractivity (Wildman–Crippen MR) is 179 cm³/mol. The Kier molecular flexibility index (Phi) is 10.6. The minimum Gasteiger partial charge on any atom is -0.497 e. The third-order valence-corrected chi connectivity index (χ3v) is 8.46. The van der Waals surface area contributed by atoms with Gasteiger partial charge in [-0.05, 0) is 44.7 Å². The SMILES string of the molecule is CCCCC(C)(CO)Nc1nc(NCc2ccc(OC)cc2OC)nc2cc(-c3ccc(CN4CCN(C)CC4)nc3)cnc12. The second-order valence-corrected chi connectivity index (χ2v) is 12.1. The summed E-state index contributed by atoms with van der Waals surface area (Å²) in [5.41, 5.74) is 4.66. The standard InChI is InChI=1S/C34H46N8O3/c1-6-7-12-34(2,23-43)40-32-31-29(38-33(39-32)37-20-25-9-11-28(44-4)18-30(25)45-5)17-26(21-36-31)24-8-10-27(35-19-24)22-42-15-13-41(3)14-16-42/h8-11,17-19,21,43H,6-7,12-16,20,22-23H2,1-5H3,(H2,37,38,39,40). The Labute approximate surface area is 266 Å². The normalized spacial score (nSPS) is 15.5. The number of aliphatic hydroxyl groups excluding tert-OH is 1. The monoisotopic (exact) mass is 614 g/mol. The molecule has 5 rings (SSSR count). The van der Waals surface area contributed by atoms with E-state index in [0.717, 1.165) is 80.1 Å². The summed E-state index contributed by atoms with van der Waals surface area (Å²) in [6.45, 7) is 9.69. The molecule has 0 saturated carbocycles. The summed E-state index contributed by atoms with van der Waals surface area (Å²) in [5.74, 6) is 2.45. The maximum Gasteiger partial charge on any atom is 0.225 e. The molecule has 4 heterocycles. The van der Waals surface area contributed by atoms with E-state index in [1.807, 2.05) is 43.6 Å². The van der Waals surface area contributed by atoms with Crippen molar-refractivity contribution >= 4 is 22.8 Å². The number of hydrogen-bond donors (Lipinski definition) is 3. The molecular weight excluding hydrogens is 568 g/mol. The van der Waals surface area contributed by atoms with Crippen molar-refractivity contribution in [2.75, 3.05) is 64.7 Å². The van der Waals surface area contributed by atoms with Gasteiger partial charge in [-0.3, -0.25) is 14.9 Å². The Morgan fingerprint density at radius 1 is 0.956 bits per heavy atom. The lowest BCUT2D eigenvalue weighted by atomic mass is 9.96. The molecule has 11 nitrogen and oxygen atoms in total. The number of piperazine rings is 1. The molecule has 1 fully saturated rings. The van der Waals surface area contributed by atoms with E-state index in [2.05, 4.69) is 46.5 Å². The average molecular weight is 615 g/mol. The first kappa shape index (κ1) is 32.3. The van der Waals surface area contributed by atoms with Crippen LogP contribution in [0.1, 0.15) is 44.4 Å². The summed E-state index contributed by atoms with van der Waals surface area (Å²) in [4.78, 5) is 24.1. The zero-order valence-corrected chi connectivity index (χ0v) is 27.1. The second kappa shape index (κ2) is 14.8. The number of likely N-dealkylation sites (N-methyl/N-ethyl adjacent to an activating group) is 1. The zero-order chi connectivity index (χ0) is 31.8. The van der Waals surface area contributed by atoms with Gasteiger partial charge in [-0.1, -0.05) is 25.8 Å². The molecule has 0 aliphatic carbocycles. The fourth-order valence-corrected chi connectivity index (χ4v) is 5.47. The molecule has 1 saturated heterocycles. The van der Waals surface area contributed by atoms with Crippen LogP contribution in [-0.2, 0) is 13.1 Å². The van der Waals surface area contributed by atoms with Crippen molar-refractivity contribution in [2.45, 2.75) is 51.7 Å². The summed E-state index contributed by atoms with van der Waals surface area (Å²) in [7, 11) is 5.44. The lowest BCUT2D eigenvalue weighted by Gasteiger charge is -2.32. The van der Waals surface area contributed by atoms with Gasteiger partial charge >= 0.3 is 0 Å². The van der Waals surface area contributed by atoms with Crippen molar-refractivity contribution in [3.63, 3.8) is 0 Å². The van der Waals surface area contributed by atoms with Crippen molar-refractivity contribution in [3.8, 4) is 22.6 Å². The number of unbranched alkanes of at least 4 members (excludes halogenated alkanes) is 1. The van der Waals surface area contributed by atoms with Gasteiger partial charge in [0.1, 0.15) is 17.0 Å². The quantitative estimate of drug-likeness (QED) is 0.181. The number of nitrogens with one attached hydrogen (secondary N) is 2. The van der Waals surface area contributed by atoms with Crippen LogP contribution in [0.4, 0.5) is 11.8 Å².